The van der Waals surface area contributed by atoms with E-state index in [1.165, 1.54) is 6.33 Å². The van der Waals surface area contributed by atoms with E-state index >= 15 is 0 Å². The van der Waals surface area contributed by atoms with Gasteiger partial charge in [0, 0.05) is 18.0 Å². The van der Waals surface area contributed by atoms with Crippen molar-refractivity contribution in [2.75, 3.05) is 0 Å². The van der Waals surface area contributed by atoms with Crippen LogP contribution in [0.5, 0.6) is 0 Å². The highest BCUT2D eigenvalue weighted by atomic mass is 16.3. The topological polar surface area (TPSA) is 96.2 Å². The van der Waals surface area contributed by atoms with Crippen molar-refractivity contribution >= 4 is 5.78 Å². The second-order valence-electron chi connectivity index (χ2n) is 10.1. The van der Waals surface area contributed by atoms with E-state index in [-0.39, 0.29) is 11.6 Å². The highest BCUT2D eigenvalue weighted by Crippen LogP contribution is 2.35. The van der Waals surface area contributed by atoms with E-state index in [0.717, 1.165) is 53.6 Å². The Balaban J connectivity index is 1.55. The van der Waals surface area contributed by atoms with Gasteiger partial charge in [0.1, 0.15) is 6.33 Å². The molecule has 2 aromatic heterocycles. The number of aromatic nitrogens is 4. The number of aliphatic hydroxyl groups is 1. The van der Waals surface area contributed by atoms with Gasteiger partial charge in [-0.1, -0.05) is 55.8 Å². The van der Waals surface area contributed by atoms with Crippen LogP contribution in [-0.2, 0) is 12.8 Å². The van der Waals surface area contributed by atoms with Gasteiger partial charge in [-0.2, -0.15) is 15.3 Å². The summed E-state index contributed by atoms with van der Waals surface area (Å²) in [6.45, 7) is 3.97. The van der Waals surface area contributed by atoms with Crippen molar-refractivity contribution in [3.05, 3.63) is 87.6 Å². The predicted octanol–water partition coefficient (Wildman–Crippen LogP) is 4.84. The molecule has 2 heterocycles. The van der Waals surface area contributed by atoms with Crippen LogP contribution in [0.25, 0.3) is 16.9 Å². The standard InChI is InChI=1S/C29H31N5O2/c1-3-6-26-25(17-20-9-11-21(12-10-20)24-8-5-4-7-22(24)18-30)27(35)33(28-31-19-32-34(26)28)23-13-15-29(2,36)16-14-23/h4-5,7-12,19,23,36H,3,6,13-17H2,1-2H3. The number of rotatable bonds is 6. The van der Waals surface area contributed by atoms with Crippen LogP contribution in [-0.4, -0.2) is 29.9 Å². The first-order valence-electron chi connectivity index (χ1n) is 12.7. The Morgan fingerprint density at radius 2 is 1.86 bits per heavy atom. The molecule has 5 rings (SSSR count). The van der Waals surface area contributed by atoms with Crippen molar-refractivity contribution < 1.29 is 5.11 Å². The number of aryl methyl sites for hydroxylation is 1. The molecule has 0 saturated heterocycles. The van der Waals surface area contributed by atoms with Crippen molar-refractivity contribution in [1.82, 2.24) is 19.2 Å². The maximum atomic E-state index is 14.0. The summed E-state index contributed by atoms with van der Waals surface area (Å²) in [5, 5.41) is 24.4. The summed E-state index contributed by atoms with van der Waals surface area (Å²) in [6, 6.07) is 17.9. The van der Waals surface area contributed by atoms with Gasteiger partial charge in [-0.3, -0.25) is 9.36 Å². The lowest BCUT2D eigenvalue weighted by Gasteiger charge is -2.34. The highest BCUT2D eigenvalue weighted by molar-refractivity contribution is 5.70. The Morgan fingerprint density at radius 1 is 1.14 bits per heavy atom. The number of nitriles is 1. The summed E-state index contributed by atoms with van der Waals surface area (Å²) in [6.07, 6.45) is 6.41. The zero-order valence-corrected chi connectivity index (χ0v) is 20.8. The third kappa shape index (κ3) is 4.45. The monoisotopic (exact) mass is 481 g/mol. The fraction of sp³-hybridized carbons (Fsp3) is 0.379. The van der Waals surface area contributed by atoms with Gasteiger partial charge in [0.25, 0.3) is 5.56 Å². The van der Waals surface area contributed by atoms with Crippen LogP contribution < -0.4 is 5.56 Å². The minimum Gasteiger partial charge on any atom is -0.390 e. The molecule has 0 aliphatic heterocycles. The lowest BCUT2D eigenvalue weighted by molar-refractivity contribution is 0.00981. The fourth-order valence-corrected chi connectivity index (χ4v) is 5.40. The Hall–Kier alpha value is -3.76. The van der Waals surface area contributed by atoms with Gasteiger partial charge in [0.2, 0.25) is 5.78 Å². The van der Waals surface area contributed by atoms with Crippen LogP contribution in [0.15, 0.2) is 59.7 Å². The van der Waals surface area contributed by atoms with Crippen molar-refractivity contribution in [3.63, 3.8) is 0 Å². The zero-order chi connectivity index (χ0) is 25.3. The molecule has 0 amide bonds. The van der Waals surface area contributed by atoms with E-state index in [9.17, 15) is 15.2 Å². The van der Waals surface area contributed by atoms with Crippen LogP contribution in [0.1, 0.15) is 74.4 Å². The van der Waals surface area contributed by atoms with E-state index < -0.39 is 5.60 Å². The average molecular weight is 482 g/mol. The van der Waals surface area contributed by atoms with Gasteiger partial charge in [-0.05, 0) is 61.8 Å². The van der Waals surface area contributed by atoms with Crippen LogP contribution >= 0.6 is 0 Å². The first-order valence-corrected chi connectivity index (χ1v) is 12.7. The summed E-state index contributed by atoms with van der Waals surface area (Å²) in [7, 11) is 0. The van der Waals surface area contributed by atoms with Crippen LogP contribution in [0.4, 0.5) is 0 Å². The zero-order valence-electron chi connectivity index (χ0n) is 20.8. The molecular formula is C29H31N5O2. The summed E-state index contributed by atoms with van der Waals surface area (Å²) in [5.74, 6) is 0.585. The molecule has 1 fully saturated rings. The fourth-order valence-electron chi connectivity index (χ4n) is 5.40. The number of benzene rings is 2. The van der Waals surface area contributed by atoms with E-state index in [1.54, 1.807) is 0 Å². The highest BCUT2D eigenvalue weighted by Gasteiger charge is 2.32. The molecule has 0 spiro atoms. The Bertz CT molecular complexity index is 1480. The quantitative estimate of drug-likeness (QED) is 0.425. The number of hydrogen-bond acceptors (Lipinski definition) is 5. The van der Waals surface area contributed by atoms with Gasteiger partial charge in [-0.25, -0.2) is 4.52 Å². The Kier molecular flexibility index (Phi) is 6.46. The van der Waals surface area contributed by atoms with Crippen molar-refractivity contribution in [1.29, 1.82) is 5.26 Å². The van der Waals surface area contributed by atoms with Crippen LogP contribution in [0, 0.1) is 11.3 Å². The van der Waals surface area contributed by atoms with E-state index in [2.05, 4.69) is 23.1 Å². The predicted molar refractivity (Wildman–Crippen MR) is 139 cm³/mol. The summed E-state index contributed by atoms with van der Waals surface area (Å²) in [4.78, 5) is 18.5. The second kappa shape index (κ2) is 9.71. The molecule has 7 heteroatoms. The van der Waals surface area contributed by atoms with Crippen LogP contribution in [0.3, 0.4) is 0 Å². The normalized spacial score (nSPS) is 19.9. The maximum Gasteiger partial charge on any atom is 0.259 e. The molecular weight excluding hydrogens is 450 g/mol. The summed E-state index contributed by atoms with van der Waals surface area (Å²) in [5.41, 5.74) is 4.51. The number of hydrogen-bond donors (Lipinski definition) is 1. The molecule has 0 bridgehead atoms. The minimum absolute atomic E-state index is 0.00982. The lowest BCUT2D eigenvalue weighted by Crippen LogP contribution is -2.37. The van der Waals surface area contributed by atoms with Gasteiger partial charge >= 0.3 is 0 Å². The molecule has 0 radical (unpaired) electrons. The molecule has 1 saturated carbocycles. The largest absolute Gasteiger partial charge is 0.390 e. The average Bonchev–Trinajstić information content (AvgIpc) is 3.37. The number of nitrogens with zero attached hydrogens (tertiary/aromatic N) is 5. The molecule has 1 aliphatic rings. The van der Waals surface area contributed by atoms with E-state index in [1.807, 2.05) is 64.5 Å². The van der Waals surface area contributed by atoms with Crippen molar-refractivity contribution in [3.8, 4) is 17.2 Å². The molecule has 36 heavy (non-hydrogen) atoms. The first kappa shape index (κ1) is 24.0. The molecule has 4 aromatic rings. The molecule has 2 aromatic carbocycles. The molecule has 1 aliphatic carbocycles. The van der Waals surface area contributed by atoms with E-state index in [4.69, 9.17) is 0 Å². The third-order valence-corrected chi connectivity index (χ3v) is 7.40. The van der Waals surface area contributed by atoms with Gasteiger partial charge in [0.05, 0.1) is 22.9 Å². The Labute approximate surface area is 210 Å². The smallest absolute Gasteiger partial charge is 0.259 e. The molecule has 0 atom stereocenters. The Morgan fingerprint density at radius 3 is 2.56 bits per heavy atom. The maximum absolute atomic E-state index is 14.0. The minimum atomic E-state index is -0.680. The lowest BCUT2D eigenvalue weighted by atomic mass is 9.83. The summed E-state index contributed by atoms with van der Waals surface area (Å²) < 4.78 is 3.65. The van der Waals surface area contributed by atoms with E-state index in [0.29, 0.717) is 30.6 Å². The van der Waals surface area contributed by atoms with Gasteiger partial charge in [-0.15, -0.1) is 0 Å². The molecule has 0 unspecified atom stereocenters. The van der Waals surface area contributed by atoms with Crippen molar-refractivity contribution in [2.24, 2.45) is 0 Å². The first-order chi connectivity index (χ1) is 17.4. The van der Waals surface area contributed by atoms with Crippen LogP contribution in [0.2, 0.25) is 0 Å². The van der Waals surface area contributed by atoms with Gasteiger partial charge < -0.3 is 5.11 Å². The van der Waals surface area contributed by atoms with Crippen molar-refractivity contribution in [2.45, 2.75) is 70.4 Å². The second-order valence-corrected chi connectivity index (χ2v) is 10.1. The SMILES string of the molecule is CCCc1c(Cc2ccc(-c3ccccc3C#N)cc2)c(=O)n(C2CCC(C)(O)CC2)c2ncnn12. The molecule has 1 N–H and O–H groups in total. The summed E-state index contributed by atoms with van der Waals surface area (Å²) >= 11 is 0. The third-order valence-electron chi connectivity index (χ3n) is 7.40. The number of fused-ring (bicyclic) bond motifs is 1. The molecule has 184 valence electrons. The molecule has 7 nitrogen and oxygen atoms in total. The van der Waals surface area contributed by atoms with Gasteiger partial charge in [0.15, 0.2) is 0 Å².